The third-order valence-electron chi connectivity index (χ3n) is 4.24. The molecule has 0 N–H and O–H groups in total. The fraction of sp³-hybridized carbons (Fsp3) is 0.714. The number of rotatable bonds is 4. The summed E-state index contributed by atoms with van der Waals surface area (Å²) in [7, 11) is -1.77. The van der Waals surface area contributed by atoms with Gasteiger partial charge in [-0.25, -0.2) is 13.4 Å². The van der Waals surface area contributed by atoms with E-state index in [1.54, 1.807) is 23.7 Å². The fourth-order valence-electron chi connectivity index (χ4n) is 2.97. The van der Waals surface area contributed by atoms with Gasteiger partial charge in [0.2, 0.25) is 21.9 Å². The monoisotopic (exact) mass is 342 g/mol. The van der Waals surface area contributed by atoms with Crippen LogP contribution in [0.15, 0.2) is 12.3 Å². The summed E-state index contributed by atoms with van der Waals surface area (Å²) in [6, 6.07) is 1.68. The Kier molecular flexibility index (Phi) is 4.98. The standard InChI is InChI=1S/C14H22N4O4S/c1-21-13-4-5-15-14(16-13)17-6-2-3-12(11-17)23(19,20)18-7-9-22-10-8-18/h4-5,12H,2-3,6-11H2,1H3/t12-/m0/s1. The maximum Gasteiger partial charge on any atom is 0.228 e. The molecule has 2 saturated heterocycles. The van der Waals surface area contributed by atoms with E-state index in [1.165, 1.54) is 0 Å². The maximum atomic E-state index is 12.8. The van der Waals surface area contributed by atoms with E-state index in [2.05, 4.69) is 9.97 Å². The van der Waals surface area contributed by atoms with Gasteiger partial charge in [-0.05, 0) is 12.8 Å². The van der Waals surface area contributed by atoms with Gasteiger partial charge in [-0.15, -0.1) is 0 Å². The highest BCUT2D eigenvalue weighted by Crippen LogP contribution is 2.24. The first-order valence-corrected chi connectivity index (χ1v) is 9.30. The Bertz CT molecular complexity index is 633. The Morgan fingerprint density at radius 3 is 2.83 bits per heavy atom. The van der Waals surface area contributed by atoms with Gasteiger partial charge in [-0.3, -0.25) is 0 Å². The lowest BCUT2D eigenvalue weighted by Gasteiger charge is -2.36. The molecule has 0 aliphatic carbocycles. The molecular formula is C14H22N4O4S. The zero-order chi connectivity index (χ0) is 16.3. The van der Waals surface area contributed by atoms with E-state index in [0.29, 0.717) is 51.1 Å². The molecule has 9 heteroatoms. The normalized spacial score (nSPS) is 23.7. The van der Waals surface area contributed by atoms with Crippen LogP contribution in [0.1, 0.15) is 12.8 Å². The van der Waals surface area contributed by atoms with Crippen LogP contribution >= 0.6 is 0 Å². The number of morpholine rings is 1. The molecule has 2 aliphatic heterocycles. The molecule has 0 amide bonds. The van der Waals surface area contributed by atoms with Gasteiger partial charge in [-0.2, -0.15) is 9.29 Å². The predicted octanol–water partition coefficient (Wildman–Crippen LogP) is 0.116. The quantitative estimate of drug-likeness (QED) is 0.768. The Morgan fingerprint density at radius 1 is 1.30 bits per heavy atom. The summed E-state index contributed by atoms with van der Waals surface area (Å²) in [5, 5.41) is -0.427. The molecule has 0 aromatic carbocycles. The zero-order valence-electron chi connectivity index (χ0n) is 13.2. The summed E-state index contributed by atoms with van der Waals surface area (Å²) in [5.74, 6) is 0.999. The maximum absolute atomic E-state index is 12.8. The van der Waals surface area contributed by atoms with Crippen molar-refractivity contribution in [2.45, 2.75) is 18.1 Å². The summed E-state index contributed by atoms with van der Waals surface area (Å²) < 4.78 is 37.6. The lowest BCUT2D eigenvalue weighted by molar-refractivity contribution is 0.0725. The van der Waals surface area contributed by atoms with E-state index >= 15 is 0 Å². The molecule has 2 fully saturated rings. The van der Waals surface area contributed by atoms with Gasteiger partial charge in [0.25, 0.3) is 0 Å². The van der Waals surface area contributed by atoms with Crippen LogP contribution < -0.4 is 9.64 Å². The van der Waals surface area contributed by atoms with Gasteiger partial charge in [0.1, 0.15) is 0 Å². The summed E-state index contributed by atoms with van der Waals surface area (Å²) >= 11 is 0. The number of methoxy groups -OCH3 is 1. The second-order valence-corrected chi connectivity index (χ2v) is 7.88. The van der Waals surface area contributed by atoms with Crippen LogP contribution in [0.3, 0.4) is 0 Å². The lowest BCUT2D eigenvalue weighted by Crippen LogP contribution is -2.51. The second kappa shape index (κ2) is 6.98. The molecule has 0 unspecified atom stereocenters. The number of anilines is 1. The van der Waals surface area contributed by atoms with E-state index in [-0.39, 0.29) is 0 Å². The first-order valence-electron chi connectivity index (χ1n) is 7.80. The van der Waals surface area contributed by atoms with Crippen LogP contribution in [0.4, 0.5) is 5.95 Å². The lowest BCUT2D eigenvalue weighted by atomic mass is 10.1. The Labute approximate surface area is 136 Å². The molecule has 0 spiro atoms. The molecular weight excluding hydrogens is 320 g/mol. The first kappa shape index (κ1) is 16.4. The molecule has 1 aromatic rings. The SMILES string of the molecule is COc1ccnc(N2CCC[C@H](S(=O)(=O)N3CCOCC3)C2)n1. The van der Waals surface area contributed by atoms with Gasteiger partial charge >= 0.3 is 0 Å². The van der Waals surface area contributed by atoms with Crippen molar-refractivity contribution < 1.29 is 17.9 Å². The van der Waals surface area contributed by atoms with Gasteiger partial charge in [0, 0.05) is 38.4 Å². The molecule has 8 nitrogen and oxygen atoms in total. The molecule has 3 rings (SSSR count). The van der Waals surface area contributed by atoms with Crippen molar-refractivity contribution in [2.24, 2.45) is 0 Å². The third-order valence-corrected chi connectivity index (χ3v) is 6.55. The van der Waals surface area contributed by atoms with E-state index in [0.717, 1.165) is 13.0 Å². The minimum absolute atomic E-state index is 0.410. The van der Waals surface area contributed by atoms with Crippen LogP contribution in [0, 0.1) is 0 Å². The van der Waals surface area contributed by atoms with Crippen molar-refractivity contribution in [3.8, 4) is 5.88 Å². The number of aromatic nitrogens is 2. The third kappa shape index (κ3) is 3.56. The average Bonchev–Trinajstić information content (AvgIpc) is 2.62. The van der Waals surface area contributed by atoms with Crippen LogP contribution in [0.5, 0.6) is 5.88 Å². The number of ether oxygens (including phenoxy) is 2. The zero-order valence-corrected chi connectivity index (χ0v) is 14.0. The highest BCUT2D eigenvalue weighted by Gasteiger charge is 2.36. The van der Waals surface area contributed by atoms with Gasteiger partial charge in [-0.1, -0.05) is 0 Å². The van der Waals surface area contributed by atoms with E-state index in [1.807, 2.05) is 4.90 Å². The van der Waals surface area contributed by atoms with Gasteiger partial charge in [0.15, 0.2) is 0 Å². The van der Waals surface area contributed by atoms with Crippen LogP contribution in [-0.4, -0.2) is 74.4 Å². The Balaban J connectivity index is 1.74. The summed E-state index contributed by atoms with van der Waals surface area (Å²) in [4.78, 5) is 10.5. The number of piperidine rings is 1. The summed E-state index contributed by atoms with van der Waals surface area (Å²) in [6.07, 6.45) is 3.09. The fourth-order valence-corrected chi connectivity index (χ4v) is 4.89. The average molecular weight is 342 g/mol. The Hall–Kier alpha value is -1.45. The number of nitrogens with zero attached hydrogens (tertiary/aromatic N) is 4. The van der Waals surface area contributed by atoms with Crippen molar-refractivity contribution in [1.29, 1.82) is 0 Å². The van der Waals surface area contributed by atoms with Crippen molar-refractivity contribution >= 4 is 16.0 Å². The highest BCUT2D eigenvalue weighted by atomic mass is 32.2. The molecule has 0 bridgehead atoms. The highest BCUT2D eigenvalue weighted by molar-refractivity contribution is 7.89. The molecule has 0 saturated carbocycles. The van der Waals surface area contributed by atoms with Crippen LogP contribution in [0.2, 0.25) is 0 Å². The van der Waals surface area contributed by atoms with Crippen LogP contribution in [-0.2, 0) is 14.8 Å². The molecule has 1 aromatic heterocycles. The van der Waals surface area contributed by atoms with Gasteiger partial charge < -0.3 is 14.4 Å². The van der Waals surface area contributed by atoms with Crippen molar-refractivity contribution in [3.05, 3.63) is 12.3 Å². The first-order chi connectivity index (χ1) is 11.1. The summed E-state index contributed by atoms with van der Waals surface area (Å²) in [6.45, 7) is 2.97. The Morgan fingerprint density at radius 2 is 2.09 bits per heavy atom. The molecule has 1 atom stereocenters. The molecule has 3 heterocycles. The second-order valence-electron chi connectivity index (χ2n) is 5.67. The number of hydrogen-bond donors (Lipinski definition) is 0. The number of sulfonamides is 1. The molecule has 0 radical (unpaired) electrons. The number of hydrogen-bond acceptors (Lipinski definition) is 7. The predicted molar refractivity (Wildman–Crippen MR) is 85.1 cm³/mol. The van der Waals surface area contributed by atoms with Crippen molar-refractivity contribution in [3.63, 3.8) is 0 Å². The largest absolute Gasteiger partial charge is 0.481 e. The van der Waals surface area contributed by atoms with Crippen molar-refractivity contribution in [2.75, 3.05) is 51.4 Å². The van der Waals surface area contributed by atoms with Crippen LogP contribution in [0.25, 0.3) is 0 Å². The molecule has 2 aliphatic rings. The minimum atomic E-state index is -3.32. The van der Waals surface area contributed by atoms with Crippen molar-refractivity contribution in [1.82, 2.24) is 14.3 Å². The van der Waals surface area contributed by atoms with Gasteiger partial charge in [0.05, 0.1) is 25.6 Å². The van der Waals surface area contributed by atoms with E-state index in [4.69, 9.17) is 9.47 Å². The van der Waals surface area contributed by atoms with E-state index < -0.39 is 15.3 Å². The summed E-state index contributed by atoms with van der Waals surface area (Å²) in [5.41, 5.74) is 0. The van der Waals surface area contributed by atoms with E-state index in [9.17, 15) is 8.42 Å². The smallest absolute Gasteiger partial charge is 0.228 e. The molecule has 23 heavy (non-hydrogen) atoms. The minimum Gasteiger partial charge on any atom is -0.481 e. The molecule has 128 valence electrons. The topological polar surface area (TPSA) is 84.9 Å².